The lowest BCUT2D eigenvalue weighted by Gasteiger charge is -2.27. The second-order valence-electron chi connectivity index (χ2n) is 13.1. The Hall–Kier alpha value is -7.60. The second-order valence-corrected chi connectivity index (χ2v) is 13.1. The van der Waals surface area contributed by atoms with Crippen LogP contribution < -0.4 is 9.80 Å². The van der Waals surface area contributed by atoms with Crippen molar-refractivity contribution in [2.75, 3.05) is 9.80 Å². The van der Waals surface area contributed by atoms with Crippen molar-refractivity contribution in [2.45, 2.75) is 6.85 Å². The Morgan fingerprint density at radius 2 is 1.17 bits per heavy atom. The molecule has 0 aliphatic rings. The summed E-state index contributed by atoms with van der Waals surface area (Å²) in [5.41, 5.74) is 9.23. The number of nitrogens with zero attached hydrogens (tertiary/aromatic N) is 5. The fourth-order valence-electron chi connectivity index (χ4n) is 7.42. The topological polar surface area (TPSA) is 39.6 Å². The minimum atomic E-state index is -2.24. The maximum atomic E-state index is 10.1. The van der Waals surface area contributed by atoms with Crippen LogP contribution in [0, 0.1) is 24.8 Å². The Labute approximate surface area is 318 Å². The van der Waals surface area contributed by atoms with Crippen molar-refractivity contribution in [3.05, 3.63) is 205 Å². The maximum Gasteiger partial charge on any atom is 0.210 e. The molecule has 0 saturated carbocycles. The quantitative estimate of drug-likeness (QED) is 0.156. The van der Waals surface area contributed by atoms with Gasteiger partial charge in [-0.1, -0.05) is 96.6 Å². The van der Waals surface area contributed by atoms with E-state index in [1.54, 1.807) is 12.1 Å². The van der Waals surface area contributed by atoms with Crippen molar-refractivity contribution in [2.24, 2.45) is 0 Å². The van der Waals surface area contributed by atoms with E-state index in [-0.39, 0.29) is 5.56 Å². The minimum Gasteiger partial charge on any atom is -0.320 e. The molecular weight excluding hydrogens is 659 g/mol. The lowest BCUT2D eigenvalue weighted by molar-refractivity contribution is 1.17. The molecule has 0 aliphatic carbocycles. The lowest BCUT2D eigenvalue weighted by Crippen LogP contribution is -2.11. The van der Waals surface area contributed by atoms with Crippen LogP contribution in [0.15, 0.2) is 182 Å². The van der Waals surface area contributed by atoms with E-state index in [9.17, 15) is 5.26 Å². The van der Waals surface area contributed by atoms with Gasteiger partial charge >= 0.3 is 0 Å². The van der Waals surface area contributed by atoms with Gasteiger partial charge in [0.2, 0.25) is 5.69 Å². The first kappa shape index (κ1) is 29.0. The van der Waals surface area contributed by atoms with Crippen molar-refractivity contribution < 1.29 is 4.11 Å². The Morgan fingerprint density at radius 1 is 0.556 bits per heavy atom. The Kier molecular flexibility index (Phi) is 7.26. The van der Waals surface area contributed by atoms with Crippen LogP contribution in [0.1, 0.15) is 15.2 Å². The molecule has 0 aliphatic heterocycles. The number of anilines is 6. The highest BCUT2D eigenvalue weighted by atomic mass is 15.2. The minimum absolute atomic E-state index is 0.271. The average Bonchev–Trinajstić information content (AvgIpc) is 3.56. The molecule has 1 aromatic heterocycles. The molecule has 0 spiro atoms. The molecule has 5 heteroatoms. The number of hydrogen-bond donors (Lipinski definition) is 0. The van der Waals surface area contributed by atoms with Crippen LogP contribution in [0.3, 0.4) is 0 Å². The lowest BCUT2D eigenvalue weighted by atomic mass is 10.0. The number of fused-ring (bicyclic) bond motifs is 4. The molecule has 0 N–H and O–H groups in total. The molecule has 0 radical (unpaired) electrons. The van der Waals surface area contributed by atoms with E-state index >= 15 is 0 Å². The highest BCUT2D eigenvalue weighted by molar-refractivity contribution is 6.15. The number of rotatable bonds is 7. The van der Waals surface area contributed by atoms with Gasteiger partial charge in [0.05, 0.1) is 34.5 Å². The molecule has 0 bridgehead atoms. The van der Waals surface area contributed by atoms with Crippen LogP contribution in [-0.4, -0.2) is 4.57 Å². The van der Waals surface area contributed by atoms with Crippen LogP contribution in [0.25, 0.3) is 43.1 Å². The summed E-state index contributed by atoms with van der Waals surface area (Å²) in [7, 11) is 0. The van der Waals surface area contributed by atoms with Crippen LogP contribution >= 0.6 is 0 Å². The molecule has 254 valence electrons. The van der Waals surface area contributed by atoms with E-state index < -0.39 is 6.85 Å². The van der Waals surface area contributed by atoms with Gasteiger partial charge in [-0.25, -0.2) is 4.85 Å². The summed E-state index contributed by atoms with van der Waals surface area (Å²) in [5.74, 6) is 0. The zero-order chi connectivity index (χ0) is 39.1. The van der Waals surface area contributed by atoms with Gasteiger partial charge in [-0.3, -0.25) is 0 Å². The van der Waals surface area contributed by atoms with Gasteiger partial charge in [-0.2, -0.15) is 5.26 Å². The van der Waals surface area contributed by atoms with E-state index in [4.69, 9.17) is 10.7 Å². The number of benzene rings is 8. The monoisotopic (exact) mass is 694 g/mol. The standard InChI is InChI=1S/C49H33N5/c1-34-21-24-40(25-22-34)54-48-31-37-29-41(52(38-14-5-3-6-15-38)46-19-11-9-13-36(46)33-50)26-23-35(37)30-44(48)43-28-27-42(32-49(43)54)53(39-16-7-4-8-17-39)47-20-12-10-18-45(47)51-2/h3-32H,1H3/i1D3. The van der Waals surface area contributed by atoms with Gasteiger partial charge in [-0.05, 0) is 109 Å². The first-order valence-corrected chi connectivity index (χ1v) is 17.6. The largest absolute Gasteiger partial charge is 0.320 e. The smallest absolute Gasteiger partial charge is 0.210 e. The first-order valence-electron chi connectivity index (χ1n) is 19.1. The Morgan fingerprint density at radius 3 is 1.87 bits per heavy atom. The molecule has 0 saturated heterocycles. The van der Waals surface area contributed by atoms with E-state index in [0.717, 1.165) is 72.4 Å². The van der Waals surface area contributed by atoms with Gasteiger partial charge in [0.25, 0.3) is 0 Å². The van der Waals surface area contributed by atoms with E-state index in [0.29, 0.717) is 11.3 Å². The highest BCUT2D eigenvalue weighted by Crippen LogP contribution is 2.44. The second kappa shape index (κ2) is 13.5. The molecule has 8 aromatic carbocycles. The molecule has 0 unspecified atom stereocenters. The third-order valence-corrected chi connectivity index (χ3v) is 9.87. The molecular formula is C49H33N5. The van der Waals surface area contributed by atoms with Gasteiger partial charge in [-0.15, -0.1) is 0 Å². The van der Waals surface area contributed by atoms with Crippen molar-refractivity contribution >= 4 is 72.4 Å². The van der Waals surface area contributed by atoms with Crippen molar-refractivity contribution in [1.29, 1.82) is 5.26 Å². The van der Waals surface area contributed by atoms with Crippen LogP contribution in [0.2, 0.25) is 0 Å². The van der Waals surface area contributed by atoms with E-state index in [2.05, 4.69) is 73.8 Å². The SMILES string of the molecule is [2H]C([2H])([2H])c1ccc(-n2c3cc(N(c4ccccc4)c4ccccc4[N+]#[C-])ccc3c3cc4ccc(N(c5ccccc5)c5ccccc5C#N)cc4cc32)cc1. The molecule has 1 heterocycles. The molecule has 9 rings (SSSR count). The number of hydrogen-bond acceptors (Lipinski definition) is 3. The van der Waals surface area contributed by atoms with E-state index in [1.807, 2.05) is 121 Å². The predicted molar refractivity (Wildman–Crippen MR) is 223 cm³/mol. The van der Waals surface area contributed by atoms with Gasteiger partial charge in [0.1, 0.15) is 6.07 Å². The molecule has 9 aromatic rings. The van der Waals surface area contributed by atoms with Gasteiger partial charge in [0, 0.05) is 43.3 Å². The fourth-order valence-corrected chi connectivity index (χ4v) is 7.42. The number of para-hydroxylation sites is 5. The molecule has 54 heavy (non-hydrogen) atoms. The maximum absolute atomic E-state index is 10.1. The molecule has 5 nitrogen and oxygen atoms in total. The zero-order valence-corrected chi connectivity index (χ0v) is 29.1. The normalized spacial score (nSPS) is 12.1. The summed E-state index contributed by atoms with van der Waals surface area (Å²) in [6.45, 7) is 5.75. The summed E-state index contributed by atoms with van der Waals surface area (Å²) in [4.78, 5) is 8.08. The number of aromatic nitrogens is 1. The third kappa shape index (κ3) is 5.58. The summed E-state index contributed by atoms with van der Waals surface area (Å²) >= 11 is 0. The van der Waals surface area contributed by atoms with Crippen molar-refractivity contribution in [3.63, 3.8) is 0 Å². The van der Waals surface area contributed by atoms with Crippen LogP contribution in [-0.2, 0) is 0 Å². The molecule has 0 fully saturated rings. The zero-order valence-electron chi connectivity index (χ0n) is 32.1. The first-order chi connectivity index (χ1) is 27.8. The summed E-state index contributed by atoms with van der Waals surface area (Å²) in [6.07, 6.45) is 0. The average molecular weight is 695 g/mol. The van der Waals surface area contributed by atoms with Crippen LogP contribution in [0.5, 0.6) is 0 Å². The summed E-state index contributed by atoms with van der Waals surface area (Å²) in [6, 6.07) is 61.9. The summed E-state index contributed by atoms with van der Waals surface area (Å²) < 4.78 is 26.3. The van der Waals surface area contributed by atoms with Crippen LogP contribution in [0.4, 0.5) is 39.8 Å². The summed E-state index contributed by atoms with van der Waals surface area (Å²) in [5, 5.41) is 14.2. The van der Waals surface area contributed by atoms with E-state index in [1.165, 1.54) is 0 Å². The number of aryl methyl sites for hydroxylation is 1. The Bertz CT molecular complexity index is 3030. The fraction of sp³-hybridized carbons (Fsp3) is 0.0204. The Balaban J connectivity index is 1.30. The van der Waals surface area contributed by atoms with Crippen molar-refractivity contribution in [1.82, 2.24) is 4.57 Å². The van der Waals surface area contributed by atoms with Crippen molar-refractivity contribution in [3.8, 4) is 11.8 Å². The third-order valence-electron chi connectivity index (χ3n) is 9.87. The van der Waals surface area contributed by atoms with Gasteiger partial charge < -0.3 is 14.4 Å². The molecule has 0 amide bonds. The van der Waals surface area contributed by atoms with Gasteiger partial charge in [0.15, 0.2) is 0 Å². The number of nitriles is 1. The highest BCUT2D eigenvalue weighted by Gasteiger charge is 2.21. The molecule has 0 atom stereocenters. The predicted octanol–water partition coefficient (Wildman–Crippen LogP) is 13.6.